The van der Waals surface area contributed by atoms with Gasteiger partial charge in [-0.1, -0.05) is 0 Å². The Hall–Kier alpha value is -0.750. The summed E-state index contributed by atoms with van der Waals surface area (Å²) in [4.78, 5) is 16.4. The second-order valence-corrected chi connectivity index (χ2v) is 5.81. The zero-order valence-corrected chi connectivity index (χ0v) is 11.4. The molecule has 2 fully saturated rings. The van der Waals surface area contributed by atoms with Crippen LogP contribution in [-0.4, -0.2) is 60.9 Å². The number of nitrogens with zero attached hydrogens (tertiary/aromatic N) is 2. The molecule has 1 aliphatic heterocycles. The smallest absolute Gasteiger partial charge is 0.248 e. The highest BCUT2D eigenvalue weighted by atomic mass is 19.3. The number of hydrogen-bond acceptors (Lipinski definition) is 3. The van der Waals surface area contributed by atoms with Crippen molar-refractivity contribution in [1.82, 2.24) is 9.80 Å². The van der Waals surface area contributed by atoms with E-state index in [9.17, 15) is 13.6 Å². The molecule has 1 heterocycles. The van der Waals surface area contributed by atoms with Crippen LogP contribution >= 0.6 is 0 Å². The number of carbonyl (C=O) groups excluding carboxylic acids is 1. The number of carbonyl (C=O) groups is 1. The van der Waals surface area contributed by atoms with Gasteiger partial charge in [-0.3, -0.25) is 4.79 Å². The lowest BCUT2D eigenvalue weighted by molar-refractivity contribution is -0.144. The van der Waals surface area contributed by atoms with E-state index in [1.807, 2.05) is 11.9 Å². The Morgan fingerprint density at radius 3 is 2.53 bits per heavy atom. The van der Waals surface area contributed by atoms with Gasteiger partial charge in [0.05, 0.1) is 6.04 Å². The quantitative estimate of drug-likeness (QED) is 0.815. The van der Waals surface area contributed by atoms with Crippen LogP contribution in [0.25, 0.3) is 0 Å². The maximum Gasteiger partial charge on any atom is 0.248 e. The molecule has 19 heavy (non-hydrogen) atoms. The first kappa shape index (κ1) is 14.7. The SMILES string of the molecule is CN1CCN(C(=O)C2CCC(F)(F)CC2)C(CN)C1. The van der Waals surface area contributed by atoms with E-state index in [4.69, 9.17) is 5.73 Å². The van der Waals surface area contributed by atoms with Gasteiger partial charge in [-0.25, -0.2) is 8.78 Å². The van der Waals surface area contributed by atoms with Gasteiger partial charge in [-0.05, 0) is 19.9 Å². The fraction of sp³-hybridized carbons (Fsp3) is 0.923. The van der Waals surface area contributed by atoms with Crippen molar-refractivity contribution >= 4 is 5.91 Å². The first-order valence-corrected chi connectivity index (χ1v) is 7.00. The van der Waals surface area contributed by atoms with Crippen molar-refractivity contribution in [3.05, 3.63) is 0 Å². The van der Waals surface area contributed by atoms with Crippen molar-refractivity contribution in [3.63, 3.8) is 0 Å². The number of alkyl halides is 2. The first-order chi connectivity index (χ1) is 8.93. The molecule has 1 saturated carbocycles. The molecule has 0 radical (unpaired) electrons. The van der Waals surface area contributed by atoms with Crippen LogP contribution in [0.1, 0.15) is 25.7 Å². The largest absolute Gasteiger partial charge is 0.336 e. The minimum absolute atomic E-state index is 0.0219. The molecule has 0 aromatic rings. The predicted molar refractivity (Wildman–Crippen MR) is 69.0 cm³/mol. The summed E-state index contributed by atoms with van der Waals surface area (Å²) < 4.78 is 26.3. The second-order valence-electron chi connectivity index (χ2n) is 5.81. The average molecular weight is 275 g/mol. The number of likely N-dealkylation sites (N-methyl/N-ethyl adjacent to an activating group) is 1. The molecule has 1 atom stereocenters. The van der Waals surface area contributed by atoms with Crippen LogP contribution in [0.3, 0.4) is 0 Å². The highest BCUT2D eigenvalue weighted by Crippen LogP contribution is 2.37. The molecule has 6 heteroatoms. The minimum atomic E-state index is -2.58. The Bertz CT molecular complexity index is 328. The Morgan fingerprint density at radius 2 is 1.95 bits per heavy atom. The molecule has 2 N–H and O–H groups in total. The highest BCUT2D eigenvalue weighted by molar-refractivity contribution is 5.79. The number of halogens is 2. The normalized spacial score (nSPS) is 29.5. The summed E-state index contributed by atoms with van der Waals surface area (Å²) >= 11 is 0. The lowest BCUT2D eigenvalue weighted by atomic mass is 9.85. The number of piperazine rings is 1. The third-order valence-electron chi connectivity index (χ3n) is 4.31. The molecule has 0 spiro atoms. The van der Waals surface area contributed by atoms with Crippen molar-refractivity contribution < 1.29 is 13.6 Å². The van der Waals surface area contributed by atoms with E-state index >= 15 is 0 Å². The van der Waals surface area contributed by atoms with Crippen LogP contribution < -0.4 is 5.73 Å². The summed E-state index contributed by atoms with van der Waals surface area (Å²) in [5, 5.41) is 0. The van der Waals surface area contributed by atoms with Crippen LogP contribution in [-0.2, 0) is 4.79 Å². The predicted octanol–water partition coefficient (Wildman–Crippen LogP) is 0.913. The maximum atomic E-state index is 13.1. The van der Waals surface area contributed by atoms with E-state index in [1.165, 1.54) is 0 Å². The van der Waals surface area contributed by atoms with E-state index in [1.54, 1.807) is 0 Å². The summed E-state index contributed by atoms with van der Waals surface area (Å²) in [7, 11) is 2.01. The summed E-state index contributed by atoms with van der Waals surface area (Å²) in [6.45, 7) is 2.68. The number of nitrogens with two attached hydrogens (primary N) is 1. The molecule has 1 aliphatic carbocycles. The van der Waals surface area contributed by atoms with Crippen molar-refractivity contribution in [2.45, 2.75) is 37.6 Å². The maximum absolute atomic E-state index is 13.1. The topological polar surface area (TPSA) is 49.6 Å². The first-order valence-electron chi connectivity index (χ1n) is 7.00. The van der Waals surface area contributed by atoms with Gasteiger partial charge >= 0.3 is 0 Å². The molecule has 0 bridgehead atoms. The lowest BCUT2D eigenvalue weighted by Crippen LogP contribution is -2.58. The van der Waals surface area contributed by atoms with Gasteiger partial charge in [0.1, 0.15) is 0 Å². The van der Waals surface area contributed by atoms with Crippen molar-refractivity contribution in [3.8, 4) is 0 Å². The zero-order chi connectivity index (χ0) is 14.0. The van der Waals surface area contributed by atoms with E-state index in [-0.39, 0.29) is 30.7 Å². The summed E-state index contributed by atoms with van der Waals surface area (Å²) in [5.41, 5.74) is 5.73. The fourth-order valence-corrected chi connectivity index (χ4v) is 3.02. The van der Waals surface area contributed by atoms with Crippen LogP contribution in [0, 0.1) is 5.92 Å². The Morgan fingerprint density at radius 1 is 1.32 bits per heavy atom. The Kier molecular flexibility index (Phi) is 4.40. The molecule has 0 aromatic carbocycles. The third kappa shape index (κ3) is 3.42. The molecule has 1 saturated heterocycles. The molecular weight excluding hydrogens is 252 g/mol. The van der Waals surface area contributed by atoms with Crippen molar-refractivity contribution in [1.29, 1.82) is 0 Å². The Balaban J connectivity index is 1.95. The molecule has 2 rings (SSSR count). The average Bonchev–Trinajstić information content (AvgIpc) is 2.37. The summed E-state index contributed by atoms with van der Waals surface area (Å²) in [5.74, 6) is -2.79. The number of rotatable bonds is 2. The zero-order valence-electron chi connectivity index (χ0n) is 11.4. The van der Waals surface area contributed by atoms with Gasteiger partial charge in [-0.2, -0.15) is 0 Å². The fourth-order valence-electron chi connectivity index (χ4n) is 3.02. The van der Waals surface area contributed by atoms with Crippen LogP contribution in [0.4, 0.5) is 8.78 Å². The van der Waals surface area contributed by atoms with Crippen molar-refractivity contribution in [2.75, 3.05) is 33.2 Å². The molecule has 1 unspecified atom stereocenters. The molecule has 2 aliphatic rings. The van der Waals surface area contributed by atoms with Crippen LogP contribution in [0.2, 0.25) is 0 Å². The molecular formula is C13H23F2N3O. The minimum Gasteiger partial charge on any atom is -0.336 e. The van der Waals surface area contributed by atoms with Crippen molar-refractivity contribution in [2.24, 2.45) is 11.7 Å². The van der Waals surface area contributed by atoms with Crippen LogP contribution in [0.15, 0.2) is 0 Å². The van der Waals surface area contributed by atoms with Gasteiger partial charge in [0, 0.05) is 44.9 Å². The van der Waals surface area contributed by atoms with Gasteiger partial charge in [0.25, 0.3) is 0 Å². The molecule has 110 valence electrons. The highest BCUT2D eigenvalue weighted by Gasteiger charge is 2.40. The standard InChI is InChI=1S/C13H23F2N3O/c1-17-6-7-18(11(8-16)9-17)12(19)10-2-4-13(14,15)5-3-10/h10-11H,2-9,16H2,1H3. The van der Waals surface area contributed by atoms with Gasteiger partial charge in [0.2, 0.25) is 11.8 Å². The van der Waals surface area contributed by atoms with E-state index in [2.05, 4.69) is 4.90 Å². The van der Waals surface area contributed by atoms with Gasteiger partial charge in [-0.15, -0.1) is 0 Å². The lowest BCUT2D eigenvalue weighted by Gasteiger charge is -2.42. The summed E-state index contributed by atoms with van der Waals surface area (Å²) in [6.07, 6.45) is 0.278. The molecule has 0 aromatic heterocycles. The summed E-state index contributed by atoms with van der Waals surface area (Å²) in [6, 6.07) is 0.0219. The van der Waals surface area contributed by atoms with E-state index < -0.39 is 5.92 Å². The van der Waals surface area contributed by atoms with Crippen LogP contribution in [0.5, 0.6) is 0 Å². The monoisotopic (exact) mass is 275 g/mol. The van der Waals surface area contributed by atoms with Gasteiger partial charge in [0.15, 0.2) is 0 Å². The number of amides is 1. The third-order valence-corrected chi connectivity index (χ3v) is 4.31. The Labute approximate surface area is 112 Å². The van der Waals surface area contributed by atoms with Gasteiger partial charge < -0.3 is 15.5 Å². The number of hydrogen-bond donors (Lipinski definition) is 1. The molecule has 1 amide bonds. The van der Waals surface area contributed by atoms with E-state index in [0.29, 0.717) is 25.9 Å². The molecule has 4 nitrogen and oxygen atoms in total. The van der Waals surface area contributed by atoms with E-state index in [0.717, 1.165) is 13.1 Å². The second kappa shape index (κ2) is 5.71.